The van der Waals surface area contributed by atoms with Gasteiger partial charge < -0.3 is 15.4 Å². The molecule has 4 nitrogen and oxygen atoms in total. The molecule has 0 saturated heterocycles. The summed E-state index contributed by atoms with van der Waals surface area (Å²) in [5.74, 6) is 0.589. The van der Waals surface area contributed by atoms with Crippen LogP contribution in [0.4, 0.5) is 11.4 Å². The number of anilines is 2. The number of hydrogen-bond donors (Lipinski definition) is 1. The van der Waals surface area contributed by atoms with Crippen LogP contribution < -0.4 is 15.4 Å². The third kappa shape index (κ3) is 3.99. The maximum Gasteiger partial charge on any atom is 0.264 e. The first-order valence-corrected chi connectivity index (χ1v) is 6.94. The molecular weight excluding hydrogens is 264 g/mol. The average Bonchev–Trinajstić information content (AvgIpc) is 2.53. The molecule has 2 aromatic rings. The first kappa shape index (κ1) is 14.9. The van der Waals surface area contributed by atoms with Crippen molar-refractivity contribution in [3.8, 4) is 5.75 Å². The lowest BCUT2D eigenvalue weighted by Gasteiger charge is -2.17. The minimum absolute atomic E-state index is 0.00630. The molecule has 0 aliphatic carbocycles. The molecule has 0 fully saturated rings. The van der Waals surface area contributed by atoms with Crippen LogP contribution in [-0.4, -0.2) is 19.6 Å². The Hall–Kier alpha value is -2.49. The van der Waals surface area contributed by atoms with Gasteiger partial charge in [0.2, 0.25) is 0 Å². The van der Waals surface area contributed by atoms with Gasteiger partial charge in [0.1, 0.15) is 5.75 Å². The van der Waals surface area contributed by atoms with Gasteiger partial charge in [0.05, 0.1) is 0 Å². The van der Waals surface area contributed by atoms with Crippen molar-refractivity contribution in [1.29, 1.82) is 0 Å². The second-order valence-electron chi connectivity index (χ2n) is 4.83. The fraction of sp³-hybridized carbons (Fsp3) is 0.235. The van der Waals surface area contributed by atoms with Gasteiger partial charge in [0.15, 0.2) is 6.61 Å². The molecule has 110 valence electrons. The molecule has 4 heteroatoms. The zero-order valence-electron chi connectivity index (χ0n) is 12.4. The molecular formula is C17H20N2O2. The number of hydrogen-bond acceptors (Lipinski definition) is 3. The molecule has 0 radical (unpaired) electrons. The van der Waals surface area contributed by atoms with Gasteiger partial charge in [-0.25, -0.2) is 0 Å². The molecule has 0 aliphatic rings. The molecule has 1 amide bonds. The maximum absolute atomic E-state index is 12.1. The van der Waals surface area contributed by atoms with E-state index in [9.17, 15) is 4.79 Å². The zero-order chi connectivity index (χ0) is 15.2. The molecule has 2 N–H and O–H groups in total. The molecule has 21 heavy (non-hydrogen) atoms. The van der Waals surface area contributed by atoms with Gasteiger partial charge in [0, 0.05) is 18.4 Å². The van der Waals surface area contributed by atoms with Crippen molar-refractivity contribution in [2.45, 2.75) is 13.3 Å². The van der Waals surface area contributed by atoms with Crippen molar-refractivity contribution in [1.82, 2.24) is 0 Å². The second kappa shape index (κ2) is 6.79. The average molecular weight is 284 g/mol. The number of nitrogens with zero attached hydrogens (tertiary/aromatic N) is 1. The van der Waals surface area contributed by atoms with Crippen LogP contribution >= 0.6 is 0 Å². The summed E-state index contributed by atoms with van der Waals surface area (Å²) >= 11 is 0. The lowest BCUT2D eigenvalue weighted by Crippen LogP contribution is -2.31. The number of carbonyl (C=O) groups excluding carboxylic acids is 1. The fourth-order valence-corrected chi connectivity index (χ4v) is 1.91. The van der Waals surface area contributed by atoms with Gasteiger partial charge in [-0.15, -0.1) is 0 Å². The maximum atomic E-state index is 12.1. The van der Waals surface area contributed by atoms with Crippen molar-refractivity contribution < 1.29 is 9.53 Å². The fourth-order valence-electron chi connectivity index (χ4n) is 1.91. The summed E-state index contributed by atoms with van der Waals surface area (Å²) in [6.07, 6.45) is 0.985. The van der Waals surface area contributed by atoms with Gasteiger partial charge in [0.25, 0.3) is 5.91 Å². The molecule has 0 aliphatic heterocycles. The van der Waals surface area contributed by atoms with E-state index in [4.69, 9.17) is 10.5 Å². The number of carbonyl (C=O) groups is 1. The van der Waals surface area contributed by atoms with E-state index < -0.39 is 0 Å². The zero-order valence-corrected chi connectivity index (χ0v) is 12.4. The van der Waals surface area contributed by atoms with Gasteiger partial charge in [-0.05, 0) is 48.4 Å². The quantitative estimate of drug-likeness (QED) is 0.859. The first-order valence-electron chi connectivity index (χ1n) is 6.94. The number of amides is 1. The second-order valence-corrected chi connectivity index (χ2v) is 4.83. The molecule has 0 saturated carbocycles. The van der Waals surface area contributed by atoms with Crippen molar-refractivity contribution >= 4 is 17.3 Å². The minimum atomic E-state index is -0.112. The van der Waals surface area contributed by atoms with Crippen LogP contribution in [0.3, 0.4) is 0 Å². The van der Waals surface area contributed by atoms with Crippen LogP contribution in [0.1, 0.15) is 12.5 Å². The SMILES string of the molecule is CCc1ccc(OCC(=O)N(C)c2ccc(N)cc2)cc1. The van der Waals surface area contributed by atoms with Crippen LogP contribution in [0.5, 0.6) is 5.75 Å². The molecule has 2 rings (SSSR count). The van der Waals surface area contributed by atoms with E-state index in [2.05, 4.69) is 6.92 Å². The van der Waals surface area contributed by atoms with Crippen LogP contribution in [0, 0.1) is 0 Å². The molecule has 0 bridgehead atoms. The molecule has 0 unspecified atom stereocenters. The number of nitrogen functional groups attached to an aromatic ring is 1. The van der Waals surface area contributed by atoms with Crippen molar-refractivity contribution in [3.05, 3.63) is 54.1 Å². The highest BCUT2D eigenvalue weighted by Crippen LogP contribution is 2.16. The number of ether oxygens (including phenoxy) is 1. The van der Waals surface area contributed by atoms with E-state index in [0.717, 1.165) is 12.1 Å². The van der Waals surface area contributed by atoms with Gasteiger partial charge in [-0.2, -0.15) is 0 Å². The van der Waals surface area contributed by atoms with Crippen molar-refractivity contribution in [2.24, 2.45) is 0 Å². The third-order valence-corrected chi connectivity index (χ3v) is 3.35. The number of nitrogens with two attached hydrogens (primary N) is 1. The highest BCUT2D eigenvalue weighted by Gasteiger charge is 2.11. The Balaban J connectivity index is 1.92. The molecule has 0 spiro atoms. The summed E-state index contributed by atoms with van der Waals surface area (Å²) in [7, 11) is 1.72. The summed E-state index contributed by atoms with van der Waals surface area (Å²) < 4.78 is 5.52. The Kier molecular flexibility index (Phi) is 4.82. The standard InChI is InChI=1S/C17H20N2O2/c1-3-13-4-10-16(11-5-13)21-12-17(20)19(2)15-8-6-14(18)7-9-15/h4-11H,3,12,18H2,1-2H3. The normalized spacial score (nSPS) is 10.2. The highest BCUT2D eigenvalue weighted by atomic mass is 16.5. The monoisotopic (exact) mass is 284 g/mol. The van der Waals surface area contributed by atoms with E-state index in [1.807, 2.05) is 36.4 Å². The minimum Gasteiger partial charge on any atom is -0.484 e. The Bertz CT molecular complexity index is 591. The Morgan fingerprint density at radius 1 is 1.10 bits per heavy atom. The molecule has 0 heterocycles. The molecule has 2 aromatic carbocycles. The predicted octanol–water partition coefficient (Wildman–Crippen LogP) is 2.87. The predicted molar refractivity (Wildman–Crippen MR) is 85.6 cm³/mol. The summed E-state index contributed by atoms with van der Waals surface area (Å²) in [6.45, 7) is 2.10. The van der Waals surface area contributed by atoms with Crippen LogP contribution in [0.2, 0.25) is 0 Å². The van der Waals surface area contributed by atoms with E-state index in [0.29, 0.717) is 11.4 Å². The third-order valence-electron chi connectivity index (χ3n) is 3.35. The van der Waals surface area contributed by atoms with Gasteiger partial charge in [-0.3, -0.25) is 4.79 Å². The first-order chi connectivity index (χ1) is 10.1. The number of likely N-dealkylation sites (N-methyl/N-ethyl adjacent to an activating group) is 1. The van der Waals surface area contributed by atoms with E-state index in [-0.39, 0.29) is 12.5 Å². The largest absolute Gasteiger partial charge is 0.484 e. The van der Waals surface area contributed by atoms with Crippen LogP contribution in [0.15, 0.2) is 48.5 Å². The van der Waals surface area contributed by atoms with Crippen LogP contribution in [0.25, 0.3) is 0 Å². The van der Waals surface area contributed by atoms with Crippen molar-refractivity contribution in [3.63, 3.8) is 0 Å². The Labute approximate surface area is 125 Å². The summed E-state index contributed by atoms with van der Waals surface area (Å²) in [6, 6.07) is 14.9. The number of benzene rings is 2. The van der Waals surface area contributed by atoms with E-state index in [1.54, 1.807) is 24.1 Å². The summed E-state index contributed by atoms with van der Waals surface area (Å²) in [5, 5.41) is 0. The summed E-state index contributed by atoms with van der Waals surface area (Å²) in [4.78, 5) is 13.6. The summed E-state index contributed by atoms with van der Waals surface area (Å²) in [5.41, 5.74) is 8.34. The Morgan fingerprint density at radius 2 is 1.71 bits per heavy atom. The lowest BCUT2D eigenvalue weighted by atomic mass is 10.2. The number of aryl methyl sites for hydroxylation is 1. The van der Waals surface area contributed by atoms with Crippen LogP contribution in [-0.2, 0) is 11.2 Å². The number of rotatable bonds is 5. The Morgan fingerprint density at radius 3 is 2.29 bits per heavy atom. The molecule has 0 aromatic heterocycles. The van der Waals surface area contributed by atoms with Gasteiger partial charge in [-0.1, -0.05) is 19.1 Å². The lowest BCUT2D eigenvalue weighted by molar-refractivity contribution is -0.120. The topological polar surface area (TPSA) is 55.6 Å². The van der Waals surface area contributed by atoms with Crippen molar-refractivity contribution in [2.75, 3.05) is 24.3 Å². The van der Waals surface area contributed by atoms with E-state index in [1.165, 1.54) is 5.56 Å². The smallest absolute Gasteiger partial charge is 0.264 e. The molecule has 0 atom stereocenters. The van der Waals surface area contributed by atoms with E-state index >= 15 is 0 Å². The highest BCUT2D eigenvalue weighted by molar-refractivity contribution is 5.94. The van der Waals surface area contributed by atoms with Gasteiger partial charge >= 0.3 is 0 Å².